The SMILES string of the molecule is CN1CC(C)(C)Oc2c1ccc1ccccc21. The summed E-state index contributed by atoms with van der Waals surface area (Å²) in [5.74, 6) is 1.02. The molecule has 0 amide bonds. The minimum atomic E-state index is -0.133. The third-order valence-corrected chi connectivity index (χ3v) is 3.27. The van der Waals surface area contributed by atoms with Gasteiger partial charge in [0.15, 0.2) is 5.75 Å². The van der Waals surface area contributed by atoms with Crippen LogP contribution in [0.15, 0.2) is 36.4 Å². The summed E-state index contributed by atoms with van der Waals surface area (Å²) in [5, 5.41) is 2.43. The maximum absolute atomic E-state index is 6.16. The monoisotopic (exact) mass is 227 g/mol. The Morgan fingerprint density at radius 3 is 2.71 bits per heavy atom. The second-order valence-corrected chi connectivity index (χ2v) is 5.35. The molecule has 0 atom stereocenters. The lowest BCUT2D eigenvalue weighted by Crippen LogP contribution is -2.45. The van der Waals surface area contributed by atoms with Crippen LogP contribution in [0.5, 0.6) is 5.75 Å². The number of likely N-dealkylation sites (N-methyl/N-ethyl adjacent to an activating group) is 1. The van der Waals surface area contributed by atoms with E-state index in [0.717, 1.165) is 12.3 Å². The van der Waals surface area contributed by atoms with E-state index in [9.17, 15) is 0 Å². The van der Waals surface area contributed by atoms with E-state index in [0.29, 0.717) is 0 Å². The third kappa shape index (κ3) is 1.64. The zero-order valence-corrected chi connectivity index (χ0v) is 10.5. The van der Waals surface area contributed by atoms with Gasteiger partial charge < -0.3 is 9.64 Å². The van der Waals surface area contributed by atoms with Crippen LogP contribution in [0.2, 0.25) is 0 Å². The Kier molecular flexibility index (Phi) is 2.09. The van der Waals surface area contributed by atoms with Crippen molar-refractivity contribution in [1.29, 1.82) is 0 Å². The van der Waals surface area contributed by atoms with E-state index >= 15 is 0 Å². The van der Waals surface area contributed by atoms with Crippen molar-refractivity contribution in [2.24, 2.45) is 0 Å². The number of benzene rings is 2. The number of hydrogen-bond acceptors (Lipinski definition) is 2. The normalized spacial score (nSPS) is 17.7. The molecule has 0 saturated carbocycles. The van der Waals surface area contributed by atoms with Gasteiger partial charge in [-0.3, -0.25) is 0 Å². The molecule has 0 bridgehead atoms. The van der Waals surface area contributed by atoms with Gasteiger partial charge in [-0.25, -0.2) is 0 Å². The zero-order valence-electron chi connectivity index (χ0n) is 10.5. The quantitative estimate of drug-likeness (QED) is 0.683. The molecule has 1 aliphatic heterocycles. The van der Waals surface area contributed by atoms with E-state index in [4.69, 9.17) is 4.74 Å². The first-order chi connectivity index (χ1) is 8.07. The van der Waals surface area contributed by atoms with Crippen molar-refractivity contribution in [2.75, 3.05) is 18.5 Å². The molecule has 0 saturated heterocycles. The molecule has 0 N–H and O–H groups in total. The Balaban J connectivity index is 2.28. The fourth-order valence-corrected chi connectivity index (χ4v) is 2.60. The first-order valence-electron chi connectivity index (χ1n) is 5.99. The van der Waals surface area contributed by atoms with Gasteiger partial charge in [0.05, 0.1) is 12.2 Å². The highest BCUT2D eigenvalue weighted by Gasteiger charge is 2.30. The van der Waals surface area contributed by atoms with Crippen molar-refractivity contribution in [3.8, 4) is 5.75 Å². The van der Waals surface area contributed by atoms with Crippen LogP contribution in [0.1, 0.15) is 13.8 Å². The molecule has 88 valence electrons. The van der Waals surface area contributed by atoms with Crippen molar-refractivity contribution in [3.05, 3.63) is 36.4 Å². The third-order valence-electron chi connectivity index (χ3n) is 3.27. The molecule has 0 aliphatic carbocycles. The van der Waals surface area contributed by atoms with E-state index < -0.39 is 0 Å². The summed E-state index contributed by atoms with van der Waals surface area (Å²) < 4.78 is 6.16. The number of anilines is 1. The number of ether oxygens (including phenoxy) is 1. The van der Waals surface area contributed by atoms with Crippen molar-refractivity contribution in [2.45, 2.75) is 19.4 Å². The predicted octanol–water partition coefficient (Wildman–Crippen LogP) is 3.45. The first-order valence-corrected chi connectivity index (χ1v) is 5.99. The molecule has 0 unspecified atom stereocenters. The molecule has 17 heavy (non-hydrogen) atoms. The van der Waals surface area contributed by atoms with Gasteiger partial charge in [0, 0.05) is 12.4 Å². The van der Waals surface area contributed by atoms with Gasteiger partial charge in [0.1, 0.15) is 5.60 Å². The molecular weight excluding hydrogens is 210 g/mol. The first kappa shape index (κ1) is 10.5. The van der Waals surface area contributed by atoms with Gasteiger partial charge in [-0.2, -0.15) is 0 Å². The highest BCUT2D eigenvalue weighted by molar-refractivity contribution is 5.94. The van der Waals surface area contributed by atoms with Gasteiger partial charge in [-0.15, -0.1) is 0 Å². The zero-order chi connectivity index (χ0) is 12.0. The molecule has 0 fully saturated rings. The maximum atomic E-state index is 6.16. The van der Waals surface area contributed by atoms with Crippen molar-refractivity contribution in [1.82, 2.24) is 0 Å². The Morgan fingerprint density at radius 1 is 1.12 bits per heavy atom. The lowest BCUT2D eigenvalue weighted by molar-refractivity contribution is 0.109. The lowest BCUT2D eigenvalue weighted by atomic mass is 10.0. The second-order valence-electron chi connectivity index (χ2n) is 5.35. The highest BCUT2D eigenvalue weighted by atomic mass is 16.5. The average molecular weight is 227 g/mol. The van der Waals surface area contributed by atoms with Gasteiger partial charge in [-0.1, -0.05) is 30.3 Å². The average Bonchev–Trinajstić information content (AvgIpc) is 2.27. The second kappa shape index (κ2) is 3.39. The molecule has 2 nitrogen and oxygen atoms in total. The van der Waals surface area contributed by atoms with E-state index in [1.807, 2.05) is 0 Å². The summed E-state index contributed by atoms with van der Waals surface area (Å²) in [7, 11) is 2.12. The van der Waals surface area contributed by atoms with Gasteiger partial charge in [-0.05, 0) is 25.3 Å². The van der Waals surface area contributed by atoms with E-state index in [2.05, 4.69) is 62.2 Å². The lowest BCUT2D eigenvalue weighted by Gasteiger charge is -2.39. The van der Waals surface area contributed by atoms with Gasteiger partial charge >= 0.3 is 0 Å². The van der Waals surface area contributed by atoms with Crippen LogP contribution < -0.4 is 9.64 Å². The van der Waals surface area contributed by atoms with Crippen LogP contribution in [0.4, 0.5) is 5.69 Å². The largest absolute Gasteiger partial charge is 0.483 e. The summed E-state index contributed by atoms with van der Waals surface area (Å²) in [6.07, 6.45) is 0. The summed E-state index contributed by atoms with van der Waals surface area (Å²) >= 11 is 0. The topological polar surface area (TPSA) is 12.5 Å². The molecule has 2 aromatic rings. The maximum Gasteiger partial charge on any atom is 0.151 e. The summed E-state index contributed by atoms with van der Waals surface area (Å²) in [6.45, 7) is 5.18. The van der Waals surface area contributed by atoms with E-state index in [-0.39, 0.29) is 5.60 Å². The summed E-state index contributed by atoms with van der Waals surface area (Å²) in [6, 6.07) is 12.7. The Morgan fingerprint density at radius 2 is 1.88 bits per heavy atom. The van der Waals surface area contributed by atoms with E-state index in [1.165, 1.54) is 16.5 Å². The van der Waals surface area contributed by atoms with Crippen LogP contribution in [0.3, 0.4) is 0 Å². The molecule has 1 aliphatic rings. The van der Waals surface area contributed by atoms with Crippen LogP contribution in [-0.2, 0) is 0 Å². The molecule has 0 radical (unpaired) electrons. The minimum absolute atomic E-state index is 0.133. The fourth-order valence-electron chi connectivity index (χ4n) is 2.60. The number of fused-ring (bicyclic) bond motifs is 3. The molecule has 2 heteroatoms. The number of hydrogen-bond donors (Lipinski definition) is 0. The van der Waals surface area contributed by atoms with E-state index in [1.54, 1.807) is 0 Å². The Labute approximate surface area is 102 Å². The Bertz CT molecular complexity index is 574. The van der Waals surface area contributed by atoms with Crippen LogP contribution >= 0.6 is 0 Å². The highest BCUT2D eigenvalue weighted by Crippen LogP contribution is 2.41. The minimum Gasteiger partial charge on any atom is -0.483 e. The molecule has 0 aromatic heterocycles. The van der Waals surface area contributed by atoms with Crippen LogP contribution in [0, 0.1) is 0 Å². The van der Waals surface area contributed by atoms with Gasteiger partial charge in [0.25, 0.3) is 0 Å². The van der Waals surface area contributed by atoms with Crippen molar-refractivity contribution >= 4 is 16.5 Å². The summed E-state index contributed by atoms with van der Waals surface area (Å²) in [4.78, 5) is 2.27. The van der Waals surface area contributed by atoms with Crippen LogP contribution in [-0.4, -0.2) is 19.2 Å². The molecule has 0 spiro atoms. The van der Waals surface area contributed by atoms with Crippen molar-refractivity contribution in [3.63, 3.8) is 0 Å². The van der Waals surface area contributed by atoms with Crippen molar-refractivity contribution < 1.29 is 4.74 Å². The fraction of sp³-hybridized carbons (Fsp3) is 0.333. The molecule has 2 aromatic carbocycles. The Hall–Kier alpha value is -1.70. The molecule has 3 rings (SSSR count). The number of nitrogens with zero attached hydrogens (tertiary/aromatic N) is 1. The molecule has 1 heterocycles. The van der Waals surface area contributed by atoms with Crippen LogP contribution in [0.25, 0.3) is 10.8 Å². The predicted molar refractivity (Wildman–Crippen MR) is 71.9 cm³/mol. The standard InChI is InChI=1S/C15H17NO/c1-15(2)10-16(3)13-9-8-11-6-4-5-7-12(11)14(13)17-15/h4-9H,10H2,1-3H3. The summed E-state index contributed by atoms with van der Waals surface area (Å²) in [5.41, 5.74) is 1.05. The van der Waals surface area contributed by atoms with Gasteiger partial charge in [0.2, 0.25) is 0 Å². The smallest absolute Gasteiger partial charge is 0.151 e. The number of rotatable bonds is 0. The molecular formula is C15H17NO.